The molecule has 10 nitrogen and oxygen atoms in total. The Bertz CT molecular complexity index is 1400. The van der Waals surface area contributed by atoms with Crippen molar-refractivity contribution in [1.29, 1.82) is 0 Å². The molecule has 1 unspecified atom stereocenters. The van der Waals surface area contributed by atoms with Gasteiger partial charge in [0.15, 0.2) is 11.3 Å². The summed E-state index contributed by atoms with van der Waals surface area (Å²) in [5.74, 6) is -0.593. The van der Waals surface area contributed by atoms with E-state index in [0.29, 0.717) is 45.3 Å². The molecule has 1 aromatic carbocycles. The number of nitrogens with zero attached hydrogens (tertiary/aromatic N) is 4. The zero-order chi connectivity index (χ0) is 25.8. The second-order valence-corrected chi connectivity index (χ2v) is 8.22. The Kier molecular flexibility index (Phi) is 7.46. The summed E-state index contributed by atoms with van der Waals surface area (Å²) in [6, 6.07) is 6.16. The SMILES string of the molecule is O=C(OCC1COCCOCCOCCO1)c1ccn2c(c1)nc1nc3ccc(C(F)(F)F)cc3nc12. The fourth-order valence-electron chi connectivity index (χ4n) is 3.76. The minimum Gasteiger partial charge on any atom is -0.459 e. The van der Waals surface area contributed by atoms with Gasteiger partial charge in [-0.1, -0.05) is 0 Å². The van der Waals surface area contributed by atoms with E-state index in [1.165, 1.54) is 18.2 Å². The van der Waals surface area contributed by atoms with E-state index in [-0.39, 0.29) is 41.1 Å². The topological polar surface area (TPSA) is 106 Å². The lowest BCUT2D eigenvalue weighted by atomic mass is 10.2. The van der Waals surface area contributed by atoms with Gasteiger partial charge in [-0.25, -0.2) is 19.7 Å². The first-order valence-electron chi connectivity index (χ1n) is 11.6. The van der Waals surface area contributed by atoms with Crippen molar-refractivity contribution in [2.45, 2.75) is 12.3 Å². The van der Waals surface area contributed by atoms with Crippen molar-refractivity contribution < 1.29 is 41.7 Å². The molecule has 196 valence electrons. The fraction of sp³-hybridized carbons (Fsp3) is 0.417. The average Bonchev–Trinajstić information content (AvgIpc) is 3.22. The van der Waals surface area contributed by atoms with Gasteiger partial charge in [-0.3, -0.25) is 4.40 Å². The minimum absolute atomic E-state index is 0.0304. The van der Waals surface area contributed by atoms with Crippen LogP contribution < -0.4 is 0 Å². The van der Waals surface area contributed by atoms with Crippen molar-refractivity contribution >= 4 is 33.9 Å². The van der Waals surface area contributed by atoms with Gasteiger partial charge in [-0.2, -0.15) is 13.2 Å². The summed E-state index contributed by atoms with van der Waals surface area (Å²) in [5, 5.41) is 0. The Hall–Kier alpha value is -3.39. The van der Waals surface area contributed by atoms with E-state index in [1.807, 2.05) is 0 Å². The number of rotatable bonds is 3. The molecule has 13 heteroatoms. The molecule has 5 rings (SSSR count). The minimum atomic E-state index is -4.49. The number of aromatic nitrogens is 4. The third-order valence-electron chi connectivity index (χ3n) is 5.60. The molecule has 4 heterocycles. The van der Waals surface area contributed by atoms with Gasteiger partial charge >= 0.3 is 12.1 Å². The van der Waals surface area contributed by atoms with Crippen molar-refractivity contribution in [1.82, 2.24) is 19.4 Å². The van der Waals surface area contributed by atoms with Crippen molar-refractivity contribution in [2.24, 2.45) is 0 Å². The maximum Gasteiger partial charge on any atom is 0.416 e. The lowest BCUT2D eigenvalue weighted by molar-refractivity contribution is -0.137. The quantitative estimate of drug-likeness (QED) is 0.377. The lowest BCUT2D eigenvalue weighted by Crippen LogP contribution is -2.30. The largest absolute Gasteiger partial charge is 0.459 e. The van der Waals surface area contributed by atoms with Crippen LogP contribution in [0, 0.1) is 0 Å². The van der Waals surface area contributed by atoms with Crippen LogP contribution in [0.2, 0.25) is 0 Å². The highest BCUT2D eigenvalue weighted by molar-refractivity contribution is 5.92. The molecule has 0 radical (unpaired) electrons. The van der Waals surface area contributed by atoms with E-state index in [0.717, 1.165) is 12.1 Å². The Morgan fingerprint density at radius 3 is 2.49 bits per heavy atom. The van der Waals surface area contributed by atoms with E-state index in [4.69, 9.17) is 23.7 Å². The maximum atomic E-state index is 13.1. The molecule has 0 spiro atoms. The Labute approximate surface area is 208 Å². The zero-order valence-electron chi connectivity index (χ0n) is 19.6. The highest BCUT2D eigenvalue weighted by atomic mass is 19.4. The number of hydrogen-bond acceptors (Lipinski definition) is 9. The summed E-state index contributed by atoms with van der Waals surface area (Å²) in [6.45, 7) is 2.65. The van der Waals surface area contributed by atoms with Crippen LogP contribution in [0.25, 0.3) is 28.0 Å². The van der Waals surface area contributed by atoms with Gasteiger partial charge in [0.25, 0.3) is 0 Å². The van der Waals surface area contributed by atoms with Crippen LogP contribution in [-0.2, 0) is 29.9 Å². The van der Waals surface area contributed by atoms with E-state index in [9.17, 15) is 18.0 Å². The zero-order valence-corrected chi connectivity index (χ0v) is 19.6. The second kappa shape index (κ2) is 10.9. The number of hydrogen-bond donors (Lipinski definition) is 0. The summed E-state index contributed by atoms with van der Waals surface area (Å²) in [5.41, 5.74) is 0.637. The first kappa shape index (κ1) is 25.3. The summed E-state index contributed by atoms with van der Waals surface area (Å²) < 4.78 is 68.2. The molecule has 1 saturated heterocycles. The number of carbonyl (C=O) groups is 1. The number of pyridine rings is 1. The van der Waals surface area contributed by atoms with Crippen LogP contribution in [0.5, 0.6) is 0 Å². The summed E-state index contributed by atoms with van der Waals surface area (Å²) >= 11 is 0. The first-order chi connectivity index (χ1) is 17.9. The molecule has 4 aromatic rings. The van der Waals surface area contributed by atoms with Gasteiger partial charge in [0.05, 0.1) is 68.4 Å². The van der Waals surface area contributed by atoms with Crippen LogP contribution >= 0.6 is 0 Å². The van der Waals surface area contributed by atoms with Crippen LogP contribution in [0.1, 0.15) is 15.9 Å². The lowest BCUT2D eigenvalue weighted by Gasteiger charge is -2.19. The van der Waals surface area contributed by atoms with Gasteiger partial charge in [-0.15, -0.1) is 0 Å². The van der Waals surface area contributed by atoms with Crippen LogP contribution in [0.3, 0.4) is 0 Å². The maximum absolute atomic E-state index is 13.1. The molecule has 1 aliphatic rings. The number of benzene rings is 1. The van der Waals surface area contributed by atoms with Crippen molar-refractivity contribution in [3.63, 3.8) is 0 Å². The molecule has 3 aromatic heterocycles. The number of carbonyl (C=O) groups excluding carboxylic acids is 1. The number of ether oxygens (including phenoxy) is 5. The van der Waals surface area contributed by atoms with Crippen LogP contribution in [0.15, 0.2) is 36.5 Å². The normalized spacial score (nSPS) is 18.5. The molecule has 0 N–H and O–H groups in total. The molecule has 0 amide bonds. The van der Waals surface area contributed by atoms with E-state index in [1.54, 1.807) is 10.6 Å². The van der Waals surface area contributed by atoms with Crippen LogP contribution in [-0.4, -0.2) is 84.3 Å². The van der Waals surface area contributed by atoms with Crippen molar-refractivity contribution in [3.8, 4) is 0 Å². The van der Waals surface area contributed by atoms with E-state index >= 15 is 0 Å². The first-order valence-corrected chi connectivity index (χ1v) is 11.6. The monoisotopic (exact) mass is 520 g/mol. The number of fused-ring (bicyclic) bond motifs is 4. The standard InChI is InChI=1S/C24H23F3N4O6/c25-24(26,27)16-1-2-18-19(12-16)29-22-21(28-18)30-20-11-15(3-4-31(20)22)23(32)37-14-17-13-35-8-7-33-5-6-34-9-10-36-17/h1-4,11-12,17H,5-10,13-14H2. The van der Waals surface area contributed by atoms with Gasteiger partial charge < -0.3 is 23.7 Å². The molecule has 1 atom stereocenters. The van der Waals surface area contributed by atoms with E-state index in [2.05, 4.69) is 15.0 Å². The fourth-order valence-corrected chi connectivity index (χ4v) is 3.76. The van der Waals surface area contributed by atoms with Gasteiger partial charge in [0.1, 0.15) is 18.4 Å². The predicted octanol–water partition coefficient (Wildman–Crippen LogP) is 3.05. The van der Waals surface area contributed by atoms with Gasteiger partial charge in [0.2, 0.25) is 0 Å². The molecule has 1 aliphatic heterocycles. The molecule has 0 saturated carbocycles. The predicted molar refractivity (Wildman–Crippen MR) is 123 cm³/mol. The van der Waals surface area contributed by atoms with Crippen molar-refractivity contribution in [2.75, 3.05) is 52.9 Å². The molecule has 0 aliphatic carbocycles. The van der Waals surface area contributed by atoms with Crippen molar-refractivity contribution in [3.05, 3.63) is 47.7 Å². The highest BCUT2D eigenvalue weighted by Crippen LogP contribution is 2.31. The number of halogens is 3. The third kappa shape index (κ3) is 5.96. The Morgan fingerprint density at radius 2 is 1.70 bits per heavy atom. The molecular weight excluding hydrogens is 497 g/mol. The van der Waals surface area contributed by atoms with Gasteiger partial charge in [-0.05, 0) is 30.3 Å². The molecule has 1 fully saturated rings. The smallest absolute Gasteiger partial charge is 0.416 e. The molecular formula is C24H23F3N4O6. The number of alkyl halides is 3. The molecule has 37 heavy (non-hydrogen) atoms. The summed E-state index contributed by atoms with van der Waals surface area (Å²) in [4.78, 5) is 25.7. The Morgan fingerprint density at radius 1 is 0.946 bits per heavy atom. The summed E-state index contributed by atoms with van der Waals surface area (Å²) in [7, 11) is 0. The third-order valence-corrected chi connectivity index (χ3v) is 5.60. The number of esters is 1. The average molecular weight is 520 g/mol. The Balaban J connectivity index is 1.31. The van der Waals surface area contributed by atoms with E-state index < -0.39 is 23.8 Å². The van der Waals surface area contributed by atoms with Gasteiger partial charge in [0, 0.05) is 6.20 Å². The molecule has 0 bridgehead atoms. The highest BCUT2D eigenvalue weighted by Gasteiger charge is 2.30. The van der Waals surface area contributed by atoms with Crippen LogP contribution in [0.4, 0.5) is 13.2 Å². The second-order valence-electron chi connectivity index (χ2n) is 8.22. The summed E-state index contributed by atoms with van der Waals surface area (Å²) in [6.07, 6.45) is -3.43. The number of imidazole rings is 1.